The van der Waals surface area contributed by atoms with Gasteiger partial charge < -0.3 is 13.9 Å². The molecule has 1 aliphatic heterocycles. The van der Waals surface area contributed by atoms with E-state index in [1.165, 1.54) is 0 Å². The number of halogens is 1. The van der Waals surface area contributed by atoms with Crippen LogP contribution in [0, 0.1) is 6.92 Å². The Kier molecular flexibility index (Phi) is 6.45. The van der Waals surface area contributed by atoms with Crippen LogP contribution in [0.3, 0.4) is 0 Å². The molecule has 5 aromatic rings. The lowest BCUT2D eigenvalue weighted by Crippen LogP contribution is -2.29. The van der Waals surface area contributed by atoms with Crippen molar-refractivity contribution in [2.75, 3.05) is 12.0 Å². The number of carbonyl (C=O) groups excluding carboxylic acids is 1. The van der Waals surface area contributed by atoms with Crippen LogP contribution < -0.4 is 19.8 Å². The normalized spacial score (nSPS) is 14.5. The molecule has 0 spiro atoms. The number of benzene rings is 4. The number of nitrogens with zero attached hydrogens (tertiary/aromatic N) is 1. The Bertz CT molecular complexity index is 1760. The number of methoxy groups -OCH3 is 1. The third-order valence-corrected chi connectivity index (χ3v) is 7.40. The van der Waals surface area contributed by atoms with Crippen LogP contribution in [0.5, 0.6) is 11.5 Å². The summed E-state index contributed by atoms with van der Waals surface area (Å²) in [4.78, 5) is 29.4. The molecule has 0 aliphatic carbocycles. The van der Waals surface area contributed by atoms with Gasteiger partial charge in [0, 0.05) is 10.2 Å². The van der Waals surface area contributed by atoms with E-state index in [2.05, 4.69) is 15.9 Å². The monoisotopic (exact) mass is 581 g/mol. The highest BCUT2D eigenvalue weighted by Crippen LogP contribution is 2.43. The first-order valence-corrected chi connectivity index (χ1v) is 13.2. The second kappa shape index (κ2) is 10.1. The third kappa shape index (κ3) is 4.49. The van der Waals surface area contributed by atoms with Crippen molar-refractivity contribution in [1.82, 2.24) is 0 Å². The molecule has 39 heavy (non-hydrogen) atoms. The molecule has 6 nitrogen and oxygen atoms in total. The van der Waals surface area contributed by atoms with Crippen molar-refractivity contribution in [2.24, 2.45) is 0 Å². The lowest BCUT2D eigenvalue weighted by molar-refractivity contribution is 0.0971. The van der Waals surface area contributed by atoms with Crippen LogP contribution >= 0.6 is 15.9 Å². The van der Waals surface area contributed by atoms with Gasteiger partial charge >= 0.3 is 0 Å². The van der Waals surface area contributed by atoms with E-state index >= 15 is 0 Å². The fourth-order valence-electron chi connectivity index (χ4n) is 4.98. The predicted molar refractivity (Wildman–Crippen MR) is 154 cm³/mol. The molecule has 1 amide bonds. The van der Waals surface area contributed by atoms with E-state index in [-0.39, 0.29) is 17.1 Å². The number of carbonyl (C=O) groups is 1. The molecule has 0 saturated carbocycles. The quantitative estimate of drug-likeness (QED) is 0.212. The first kappa shape index (κ1) is 24.9. The van der Waals surface area contributed by atoms with E-state index < -0.39 is 6.04 Å². The molecule has 0 N–H and O–H groups in total. The van der Waals surface area contributed by atoms with Gasteiger partial charge in [-0.3, -0.25) is 14.5 Å². The summed E-state index contributed by atoms with van der Waals surface area (Å²) >= 11 is 3.46. The highest BCUT2D eigenvalue weighted by Gasteiger charge is 2.44. The van der Waals surface area contributed by atoms with E-state index in [0.29, 0.717) is 45.9 Å². The summed E-state index contributed by atoms with van der Waals surface area (Å²) in [6, 6.07) is 27.4. The van der Waals surface area contributed by atoms with Crippen molar-refractivity contribution in [3.05, 3.63) is 134 Å². The second-order valence-corrected chi connectivity index (χ2v) is 10.3. The molecular formula is C32H24BrNO5. The third-order valence-electron chi connectivity index (χ3n) is 6.87. The highest BCUT2D eigenvalue weighted by molar-refractivity contribution is 9.10. The number of hydrogen-bond donors (Lipinski definition) is 0. The summed E-state index contributed by atoms with van der Waals surface area (Å²) in [6.07, 6.45) is 0. The van der Waals surface area contributed by atoms with Gasteiger partial charge in [0.15, 0.2) is 16.9 Å². The number of ether oxygens (including phenoxy) is 2. The SMILES string of the molecule is COc1cc(C2c3c(oc4ccc(C)cc4c3=O)C(=O)N2c2ccc(Br)cc2)ccc1OCc1ccccc1. The summed E-state index contributed by atoms with van der Waals surface area (Å²) in [5.74, 6) is 0.736. The minimum Gasteiger partial charge on any atom is -0.493 e. The zero-order valence-electron chi connectivity index (χ0n) is 21.3. The van der Waals surface area contributed by atoms with Gasteiger partial charge in [-0.2, -0.15) is 0 Å². The van der Waals surface area contributed by atoms with E-state index in [4.69, 9.17) is 13.9 Å². The maximum Gasteiger partial charge on any atom is 0.295 e. The molecule has 6 rings (SSSR count). The fraction of sp³-hybridized carbons (Fsp3) is 0.125. The van der Waals surface area contributed by atoms with Gasteiger partial charge in [-0.1, -0.05) is 64.0 Å². The molecule has 0 bridgehead atoms. The maximum atomic E-state index is 13.9. The van der Waals surface area contributed by atoms with Crippen molar-refractivity contribution < 1.29 is 18.7 Å². The number of aryl methyl sites for hydroxylation is 1. The Labute approximate surface area is 233 Å². The Morgan fingerprint density at radius 2 is 1.67 bits per heavy atom. The Balaban J connectivity index is 1.49. The molecule has 1 aromatic heterocycles. The molecule has 7 heteroatoms. The van der Waals surface area contributed by atoms with Crippen LogP contribution in [0.25, 0.3) is 11.0 Å². The van der Waals surface area contributed by atoms with Crippen LogP contribution in [0.4, 0.5) is 5.69 Å². The topological polar surface area (TPSA) is 69.0 Å². The van der Waals surface area contributed by atoms with Crippen molar-refractivity contribution in [3.63, 3.8) is 0 Å². The van der Waals surface area contributed by atoms with E-state index in [0.717, 1.165) is 15.6 Å². The number of rotatable bonds is 6. The lowest BCUT2D eigenvalue weighted by atomic mass is 9.97. The lowest BCUT2D eigenvalue weighted by Gasteiger charge is -2.26. The summed E-state index contributed by atoms with van der Waals surface area (Å²) in [7, 11) is 1.57. The summed E-state index contributed by atoms with van der Waals surface area (Å²) < 4.78 is 18.7. The van der Waals surface area contributed by atoms with Gasteiger partial charge in [-0.25, -0.2) is 0 Å². The van der Waals surface area contributed by atoms with Crippen LogP contribution in [-0.4, -0.2) is 13.0 Å². The number of fused-ring (bicyclic) bond motifs is 2. The molecule has 4 aromatic carbocycles. The zero-order valence-corrected chi connectivity index (χ0v) is 22.9. The second-order valence-electron chi connectivity index (χ2n) is 9.41. The molecule has 2 heterocycles. The number of hydrogen-bond acceptors (Lipinski definition) is 5. The molecule has 0 fully saturated rings. The van der Waals surface area contributed by atoms with Gasteiger partial charge in [-0.05, 0) is 66.6 Å². The molecular weight excluding hydrogens is 558 g/mol. The smallest absolute Gasteiger partial charge is 0.295 e. The molecule has 194 valence electrons. The molecule has 1 unspecified atom stereocenters. The molecule has 0 saturated heterocycles. The van der Waals surface area contributed by atoms with Gasteiger partial charge in [0.25, 0.3) is 5.91 Å². The van der Waals surface area contributed by atoms with Gasteiger partial charge in [0.05, 0.1) is 24.1 Å². The first-order valence-electron chi connectivity index (χ1n) is 12.5. The number of anilines is 1. The average molecular weight is 582 g/mol. The highest BCUT2D eigenvalue weighted by atomic mass is 79.9. The Morgan fingerprint density at radius 1 is 0.897 bits per heavy atom. The Hall–Kier alpha value is -4.36. The molecule has 1 atom stereocenters. The Morgan fingerprint density at radius 3 is 2.41 bits per heavy atom. The summed E-state index contributed by atoms with van der Waals surface area (Å²) in [5.41, 5.74) is 3.77. The average Bonchev–Trinajstić information content (AvgIpc) is 3.25. The largest absolute Gasteiger partial charge is 0.493 e. The van der Waals surface area contributed by atoms with Crippen molar-refractivity contribution >= 4 is 38.5 Å². The minimum absolute atomic E-state index is 0.0487. The van der Waals surface area contributed by atoms with E-state index in [1.807, 2.05) is 85.8 Å². The van der Waals surface area contributed by atoms with Crippen LogP contribution in [-0.2, 0) is 6.61 Å². The zero-order chi connectivity index (χ0) is 27.1. The van der Waals surface area contributed by atoms with Crippen molar-refractivity contribution in [1.29, 1.82) is 0 Å². The van der Waals surface area contributed by atoms with E-state index in [9.17, 15) is 9.59 Å². The summed E-state index contributed by atoms with van der Waals surface area (Å²) in [6.45, 7) is 2.29. The van der Waals surface area contributed by atoms with Crippen molar-refractivity contribution in [2.45, 2.75) is 19.6 Å². The van der Waals surface area contributed by atoms with Crippen LogP contribution in [0.1, 0.15) is 38.9 Å². The van der Waals surface area contributed by atoms with Crippen LogP contribution in [0.15, 0.2) is 105 Å². The minimum atomic E-state index is -0.716. The summed E-state index contributed by atoms with van der Waals surface area (Å²) in [5, 5.41) is 0.444. The van der Waals surface area contributed by atoms with E-state index in [1.54, 1.807) is 24.1 Å². The van der Waals surface area contributed by atoms with Gasteiger partial charge in [-0.15, -0.1) is 0 Å². The number of amides is 1. The predicted octanol–water partition coefficient (Wildman–Crippen LogP) is 7.20. The molecule has 1 aliphatic rings. The van der Waals surface area contributed by atoms with Crippen LogP contribution in [0.2, 0.25) is 0 Å². The molecule has 0 radical (unpaired) electrons. The van der Waals surface area contributed by atoms with Gasteiger partial charge in [0.1, 0.15) is 12.2 Å². The maximum absolute atomic E-state index is 13.9. The van der Waals surface area contributed by atoms with Gasteiger partial charge in [0.2, 0.25) is 5.76 Å². The fourth-order valence-corrected chi connectivity index (χ4v) is 5.24. The first-order chi connectivity index (χ1) is 18.9. The standard InChI is InChI=1S/C32H24BrNO5/c1-19-8-14-25-24(16-19)30(35)28-29(34(32(36)31(28)39-25)23-12-10-22(33)11-13-23)21-9-15-26(27(17-21)37-2)38-18-20-6-4-3-5-7-20/h3-17,29H,18H2,1-2H3. The van der Waals surface area contributed by atoms with Crippen molar-refractivity contribution in [3.8, 4) is 11.5 Å².